The average Bonchev–Trinajstić information content (AvgIpc) is 2.80. The van der Waals surface area contributed by atoms with Crippen LogP contribution in [0, 0.1) is 11.8 Å². The van der Waals surface area contributed by atoms with E-state index in [0.29, 0.717) is 25.4 Å². The van der Waals surface area contributed by atoms with Gasteiger partial charge in [0.2, 0.25) is 0 Å². The lowest BCUT2D eigenvalue weighted by Crippen LogP contribution is -2.51. The van der Waals surface area contributed by atoms with Crippen LogP contribution in [0.5, 0.6) is 0 Å². The summed E-state index contributed by atoms with van der Waals surface area (Å²) in [6.45, 7) is 4.06. The molecule has 3 aliphatic rings. The van der Waals surface area contributed by atoms with Gasteiger partial charge in [-0.05, 0) is 64.3 Å². The van der Waals surface area contributed by atoms with Gasteiger partial charge in [-0.3, -0.25) is 0 Å². The summed E-state index contributed by atoms with van der Waals surface area (Å²) in [6.07, 6.45) is -0.886. The Morgan fingerprint density at radius 2 is 1.84 bits per heavy atom. The SMILES string of the molecule is CC(C)(O)CN1C(=O)NC2CC(C3CCC(C(F)(F)F)NC3)CCC21. The number of β-amino-alcohol motifs (C(OH)–C–C–N with tert-alkyl or cyclic N) is 1. The third kappa shape index (κ3) is 4.22. The van der Waals surface area contributed by atoms with Gasteiger partial charge in [-0.1, -0.05) is 0 Å². The van der Waals surface area contributed by atoms with Crippen LogP contribution in [0.4, 0.5) is 18.0 Å². The summed E-state index contributed by atoms with van der Waals surface area (Å²) in [4.78, 5) is 13.9. The molecule has 144 valence electrons. The summed E-state index contributed by atoms with van der Waals surface area (Å²) >= 11 is 0. The van der Waals surface area contributed by atoms with E-state index < -0.39 is 17.8 Å². The zero-order valence-electron chi connectivity index (χ0n) is 14.8. The normalized spacial score (nSPS) is 37.0. The Kier molecular flexibility index (Phi) is 4.96. The lowest BCUT2D eigenvalue weighted by Gasteiger charge is -2.41. The fourth-order valence-electron chi connectivity index (χ4n) is 4.70. The summed E-state index contributed by atoms with van der Waals surface area (Å²) in [5.74, 6) is 0.574. The van der Waals surface area contributed by atoms with Gasteiger partial charge in [-0.15, -0.1) is 0 Å². The van der Waals surface area contributed by atoms with Gasteiger partial charge in [-0.2, -0.15) is 13.2 Å². The van der Waals surface area contributed by atoms with Gasteiger partial charge in [0, 0.05) is 0 Å². The van der Waals surface area contributed by atoms with Gasteiger partial charge in [0.1, 0.15) is 6.04 Å². The number of urea groups is 1. The lowest BCUT2D eigenvalue weighted by molar-refractivity contribution is -0.163. The van der Waals surface area contributed by atoms with Crippen molar-refractivity contribution in [3.63, 3.8) is 0 Å². The molecule has 3 rings (SSSR count). The minimum absolute atomic E-state index is 0.0361. The highest BCUT2D eigenvalue weighted by Gasteiger charge is 2.47. The van der Waals surface area contributed by atoms with E-state index in [1.807, 2.05) is 0 Å². The number of carbonyl (C=O) groups is 1. The Bertz CT molecular complexity index is 498. The first-order valence-corrected chi connectivity index (χ1v) is 9.14. The van der Waals surface area contributed by atoms with E-state index in [1.54, 1.807) is 18.7 Å². The molecule has 0 bridgehead atoms. The minimum Gasteiger partial charge on any atom is -0.389 e. The molecule has 2 aliphatic heterocycles. The molecule has 0 spiro atoms. The standard InChI is InChI=1S/C17H28F3N3O2/c1-16(2,25)9-23-13-5-3-10(7-12(13)22-15(23)24)11-4-6-14(21-8-11)17(18,19)20/h10-14,21,25H,3-9H2,1-2H3,(H,22,24). The van der Waals surface area contributed by atoms with Crippen LogP contribution >= 0.6 is 0 Å². The number of amides is 2. The van der Waals surface area contributed by atoms with E-state index in [9.17, 15) is 23.1 Å². The minimum atomic E-state index is -4.17. The van der Waals surface area contributed by atoms with Gasteiger partial charge in [0.15, 0.2) is 0 Å². The van der Waals surface area contributed by atoms with Crippen LogP contribution in [0.3, 0.4) is 0 Å². The van der Waals surface area contributed by atoms with Gasteiger partial charge in [0.05, 0.1) is 24.2 Å². The van der Waals surface area contributed by atoms with Crippen LogP contribution in [-0.2, 0) is 0 Å². The molecule has 25 heavy (non-hydrogen) atoms. The van der Waals surface area contributed by atoms with Crippen molar-refractivity contribution in [1.82, 2.24) is 15.5 Å². The molecule has 2 saturated heterocycles. The predicted octanol–water partition coefficient (Wildman–Crippen LogP) is 2.25. The third-order valence-electron chi connectivity index (χ3n) is 5.90. The molecule has 0 aromatic carbocycles. The van der Waals surface area contributed by atoms with Crippen molar-refractivity contribution in [2.45, 2.75) is 75.9 Å². The molecule has 1 aliphatic carbocycles. The molecule has 0 aromatic heterocycles. The van der Waals surface area contributed by atoms with Crippen LogP contribution in [0.2, 0.25) is 0 Å². The predicted molar refractivity (Wildman–Crippen MR) is 87.0 cm³/mol. The van der Waals surface area contributed by atoms with Crippen molar-refractivity contribution in [2.75, 3.05) is 13.1 Å². The van der Waals surface area contributed by atoms with E-state index in [0.717, 1.165) is 19.3 Å². The van der Waals surface area contributed by atoms with Crippen LogP contribution in [0.1, 0.15) is 46.0 Å². The Balaban J connectivity index is 1.56. The number of nitrogens with zero attached hydrogens (tertiary/aromatic N) is 1. The first-order chi connectivity index (χ1) is 11.5. The van der Waals surface area contributed by atoms with Gasteiger partial charge < -0.3 is 20.6 Å². The highest BCUT2D eigenvalue weighted by molar-refractivity contribution is 5.77. The van der Waals surface area contributed by atoms with Crippen LogP contribution in [0.15, 0.2) is 0 Å². The summed E-state index contributed by atoms with van der Waals surface area (Å²) in [5.41, 5.74) is -0.941. The second-order valence-corrected chi connectivity index (χ2v) is 8.48. The van der Waals surface area contributed by atoms with Gasteiger partial charge in [-0.25, -0.2) is 4.79 Å². The maximum Gasteiger partial charge on any atom is 0.403 e. The number of rotatable bonds is 3. The number of alkyl halides is 3. The number of carbonyl (C=O) groups excluding carboxylic acids is 1. The highest BCUT2D eigenvalue weighted by atomic mass is 19.4. The molecule has 3 N–H and O–H groups in total. The highest BCUT2D eigenvalue weighted by Crippen LogP contribution is 2.39. The Hall–Kier alpha value is -1.02. The third-order valence-corrected chi connectivity index (χ3v) is 5.90. The maximum absolute atomic E-state index is 12.8. The summed E-state index contributed by atoms with van der Waals surface area (Å²) < 4.78 is 38.3. The van der Waals surface area contributed by atoms with Crippen LogP contribution < -0.4 is 10.6 Å². The van der Waals surface area contributed by atoms with Gasteiger partial charge in [0.25, 0.3) is 0 Å². The first-order valence-electron chi connectivity index (χ1n) is 9.14. The number of piperidine rings is 1. The van der Waals surface area contributed by atoms with Crippen molar-refractivity contribution in [3.8, 4) is 0 Å². The molecule has 2 heterocycles. The van der Waals surface area contributed by atoms with Crippen molar-refractivity contribution in [1.29, 1.82) is 0 Å². The monoisotopic (exact) mass is 363 g/mol. The van der Waals surface area contributed by atoms with Crippen molar-refractivity contribution in [2.24, 2.45) is 11.8 Å². The van der Waals surface area contributed by atoms with E-state index in [-0.39, 0.29) is 30.5 Å². The molecule has 1 saturated carbocycles. The largest absolute Gasteiger partial charge is 0.403 e. The molecule has 5 unspecified atom stereocenters. The number of hydrogen-bond acceptors (Lipinski definition) is 3. The second-order valence-electron chi connectivity index (χ2n) is 8.48. The Morgan fingerprint density at radius 1 is 1.16 bits per heavy atom. The molecule has 0 aromatic rings. The van der Waals surface area contributed by atoms with E-state index in [1.165, 1.54) is 0 Å². The summed E-state index contributed by atoms with van der Waals surface area (Å²) in [5, 5.41) is 15.7. The molecular weight excluding hydrogens is 335 g/mol. The average molecular weight is 363 g/mol. The fraction of sp³-hybridized carbons (Fsp3) is 0.941. The number of halogens is 3. The molecular formula is C17H28F3N3O2. The zero-order valence-corrected chi connectivity index (χ0v) is 14.8. The van der Waals surface area contributed by atoms with E-state index >= 15 is 0 Å². The van der Waals surface area contributed by atoms with E-state index in [2.05, 4.69) is 10.6 Å². The van der Waals surface area contributed by atoms with Crippen LogP contribution in [0.25, 0.3) is 0 Å². The topological polar surface area (TPSA) is 64.6 Å². The zero-order chi connectivity index (χ0) is 18.4. The Labute approximate surface area is 146 Å². The summed E-state index contributed by atoms with van der Waals surface area (Å²) in [7, 11) is 0. The number of fused-ring (bicyclic) bond motifs is 1. The van der Waals surface area contributed by atoms with Crippen molar-refractivity contribution >= 4 is 6.03 Å². The fourth-order valence-corrected chi connectivity index (χ4v) is 4.70. The molecule has 8 heteroatoms. The number of nitrogens with one attached hydrogen (secondary N) is 2. The van der Waals surface area contributed by atoms with Crippen molar-refractivity contribution < 1.29 is 23.1 Å². The lowest BCUT2D eigenvalue weighted by atomic mass is 9.73. The summed E-state index contributed by atoms with van der Waals surface area (Å²) in [6, 6.07) is -1.41. The van der Waals surface area contributed by atoms with Crippen molar-refractivity contribution in [3.05, 3.63) is 0 Å². The maximum atomic E-state index is 12.8. The van der Waals surface area contributed by atoms with E-state index in [4.69, 9.17) is 0 Å². The number of hydrogen-bond donors (Lipinski definition) is 3. The molecule has 5 nitrogen and oxygen atoms in total. The molecule has 3 fully saturated rings. The van der Waals surface area contributed by atoms with Crippen LogP contribution in [-0.4, -0.2) is 59.0 Å². The van der Waals surface area contributed by atoms with Gasteiger partial charge >= 0.3 is 12.2 Å². The molecule has 5 atom stereocenters. The number of aliphatic hydroxyl groups is 1. The molecule has 2 amide bonds. The quantitative estimate of drug-likeness (QED) is 0.721. The second kappa shape index (κ2) is 6.61. The molecule has 0 radical (unpaired) electrons. The smallest absolute Gasteiger partial charge is 0.389 e. The Morgan fingerprint density at radius 3 is 2.40 bits per heavy atom. The first kappa shape index (κ1) is 18.8.